The zero-order valence-corrected chi connectivity index (χ0v) is 16.6. The van der Waals surface area contributed by atoms with E-state index in [0.29, 0.717) is 17.2 Å². The Morgan fingerprint density at radius 2 is 1.20 bits per heavy atom. The molecule has 0 saturated heterocycles. The molecular formula is C22H15ClO7. The molecule has 0 spiro atoms. The van der Waals surface area contributed by atoms with Crippen LogP contribution in [0.3, 0.4) is 0 Å². The molecule has 0 amide bonds. The van der Waals surface area contributed by atoms with Gasteiger partial charge in [-0.3, -0.25) is 9.59 Å². The molecule has 7 nitrogen and oxygen atoms in total. The molecule has 0 atom stereocenters. The zero-order chi connectivity index (χ0) is 21.6. The minimum Gasteiger partial charge on any atom is -0.507 e. The summed E-state index contributed by atoms with van der Waals surface area (Å²) in [5.41, 5.74) is -0.504. The summed E-state index contributed by atoms with van der Waals surface area (Å²) in [6.45, 7) is 0. The predicted molar refractivity (Wildman–Crippen MR) is 108 cm³/mol. The fourth-order valence-electron chi connectivity index (χ4n) is 3.28. The number of hydrogen-bond donors (Lipinski definition) is 2. The van der Waals surface area contributed by atoms with Crippen LogP contribution in [0, 0.1) is 0 Å². The highest BCUT2D eigenvalue weighted by molar-refractivity contribution is 6.35. The van der Waals surface area contributed by atoms with Crippen molar-refractivity contribution in [2.45, 2.75) is 0 Å². The molecule has 0 unspecified atom stereocenters. The highest BCUT2D eigenvalue weighted by Crippen LogP contribution is 2.42. The molecule has 3 aromatic rings. The van der Waals surface area contributed by atoms with E-state index in [1.54, 1.807) is 18.2 Å². The fourth-order valence-corrected chi connectivity index (χ4v) is 3.49. The van der Waals surface area contributed by atoms with Gasteiger partial charge in [0.25, 0.3) is 0 Å². The number of phenols is 2. The van der Waals surface area contributed by atoms with E-state index in [-0.39, 0.29) is 33.0 Å². The van der Waals surface area contributed by atoms with E-state index < -0.39 is 23.1 Å². The largest absolute Gasteiger partial charge is 0.507 e. The number of carbonyl (C=O) groups excluding carboxylic acids is 2. The van der Waals surface area contributed by atoms with Crippen molar-refractivity contribution in [3.8, 4) is 34.5 Å². The van der Waals surface area contributed by atoms with Gasteiger partial charge in [0.2, 0.25) is 0 Å². The lowest BCUT2D eigenvalue weighted by molar-refractivity contribution is 0.0974. The van der Waals surface area contributed by atoms with Gasteiger partial charge in [-0.15, -0.1) is 0 Å². The van der Waals surface area contributed by atoms with Crippen LogP contribution in [-0.2, 0) is 0 Å². The average molecular weight is 427 g/mol. The Kier molecular flexibility index (Phi) is 4.75. The van der Waals surface area contributed by atoms with E-state index in [4.69, 9.17) is 25.8 Å². The molecule has 0 radical (unpaired) electrons. The molecule has 0 fully saturated rings. The molecule has 152 valence electrons. The third kappa shape index (κ3) is 3.09. The summed E-state index contributed by atoms with van der Waals surface area (Å²) in [5.74, 6) is -0.618. The van der Waals surface area contributed by atoms with Crippen molar-refractivity contribution in [3.05, 3.63) is 69.7 Å². The Balaban J connectivity index is 1.81. The Labute approximate surface area is 176 Å². The second-order valence-corrected chi connectivity index (χ2v) is 6.90. The highest BCUT2D eigenvalue weighted by atomic mass is 35.5. The molecule has 0 bridgehead atoms. The van der Waals surface area contributed by atoms with Gasteiger partial charge in [0.15, 0.2) is 11.6 Å². The van der Waals surface area contributed by atoms with Crippen LogP contribution in [-0.4, -0.2) is 36.0 Å². The second-order valence-electron chi connectivity index (χ2n) is 6.49. The van der Waals surface area contributed by atoms with Crippen LogP contribution in [0.15, 0.2) is 42.5 Å². The summed E-state index contributed by atoms with van der Waals surface area (Å²) in [4.78, 5) is 25.8. The van der Waals surface area contributed by atoms with Gasteiger partial charge < -0.3 is 24.4 Å². The normalized spacial score (nSPS) is 12.2. The topological polar surface area (TPSA) is 102 Å². The molecule has 1 aliphatic rings. The minimum absolute atomic E-state index is 0.00246. The van der Waals surface area contributed by atoms with Gasteiger partial charge >= 0.3 is 0 Å². The van der Waals surface area contributed by atoms with Gasteiger partial charge in [0, 0.05) is 29.3 Å². The number of ether oxygens (including phenoxy) is 3. The molecule has 0 saturated carbocycles. The molecule has 0 aromatic heterocycles. The first-order valence-electron chi connectivity index (χ1n) is 8.72. The molecule has 8 heteroatoms. The number of benzene rings is 3. The third-order valence-electron chi connectivity index (χ3n) is 4.73. The van der Waals surface area contributed by atoms with Crippen molar-refractivity contribution in [2.24, 2.45) is 0 Å². The van der Waals surface area contributed by atoms with E-state index in [0.717, 1.165) is 12.1 Å². The van der Waals surface area contributed by atoms with Gasteiger partial charge in [-0.1, -0.05) is 11.6 Å². The number of ketones is 2. The summed E-state index contributed by atoms with van der Waals surface area (Å²) < 4.78 is 16.2. The Hall–Kier alpha value is -3.71. The number of fused-ring (bicyclic) bond motifs is 2. The molecule has 0 heterocycles. The summed E-state index contributed by atoms with van der Waals surface area (Å²) in [5, 5.41) is 20.2. The number of phenolic OH excluding ortho intramolecular Hbond substituents is 2. The summed E-state index contributed by atoms with van der Waals surface area (Å²) in [7, 11) is 2.99. The van der Waals surface area contributed by atoms with E-state index >= 15 is 0 Å². The molecule has 3 aromatic carbocycles. The molecule has 4 rings (SSSR count). The van der Waals surface area contributed by atoms with E-state index in [9.17, 15) is 19.8 Å². The first-order valence-corrected chi connectivity index (χ1v) is 9.10. The molecule has 0 aliphatic heterocycles. The highest BCUT2D eigenvalue weighted by Gasteiger charge is 2.35. The molecule has 1 aliphatic carbocycles. The van der Waals surface area contributed by atoms with Crippen LogP contribution in [0.25, 0.3) is 0 Å². The maximum absolute atomic E-state index is 13.0. The van der Waals surface area contributed by atoms with Crippen molar-refractivity contribution >= 4 is 23.2 Å². The van der Waals surface area contributed by atoms with Crippen LogP contribution in [0.5, 0.6) is 34.5 Å². The van der Waals surface area contributed by atoms with Crippen LogP contribution in [0.1, 0.15) is 31.8 Å². The number of methoxy groups -OCH3 is 2. The number of hydrogen-bond acceptors (Lipinski definition) is 7. The maximum Gasteiger partial charge on any atom is 0.198 e. The minimum atomic E-state index is -0.627. The number of rotatable bonds is 4. The maximum atomic E-state index is 13.0. The smallest absolute Gasteiger partial charge is 0.198 e. The van der Waals surface area contributed by atoms with Gasteiger partial charge in [-0.25, -0.2) is 0 Å². The van der Waals surface area contributed by atoms with Gasteiger partial charge in [0.1, 0.15) is 34.5 Å². The summed E-state index contributed by atoms with van der Waals surface area (Å²) >= 11 is 6.31. The Morgan fingerprint density at radius 3 is 1.70 bits per heavy atom. The van der Waals surface area contributed by atoms with E-state index in [2.05, 4.69) is 0 Å². The zero-order valence-electron chi connectivity index (χ0n) is 15.9. The van der Waals surface area contributed by atoms with Crippen molar-refractivity contribution < 1.29 is 34.0 Å². The fraction of sp³-hybridized carbons (Fsp3) is 0.0909. The predicted octanol–water partition coefficient (Wildman–Crippen LogP) is 4.34. The van der Waals surface area contributed by atoms with Crippen LogP contribution < -0.4 is 14.2 Å². The number of carbonyl (C=O) groups is 2. The lowest BCUT2D eigenvalue weighted by Crippen LogP contribution is -2.21. The summed E-state index contributed by atoms with van der Waals surface area (Å²) in [6, 6.07) is 9.80. The van der Waals surface area contributed by atoms with Crippen molar-refractivity contribution in [3.63, 3.8) is 0 Å². The lowest BCUT2D eigenvalue weighted by Gasteiger charge is -2.20. The summed E-state index contributed by atoms with van der Waals surface area (Å²) in [6.07, 6.45) is 0. The average Bonchev–Trinajstić information content (AvgIpc) is 2.74. The van der Waals surface area contributed by atoms with Gasteiger partial charge in [-0.05, 0) is 24.3 Å². The lowest BCUT2D eigenvalue weighted by atomic mass is 9.83. The van der Waals surface area contributed by atoms with E-state index in [1.807, 2.05) is 0 Å². The molecular weight excluding hydrogens is 412 g/mol. The first-order chi connectivity index (χ1) is 14.3. The molecule has 2 N–H and O–H groups in total. The van der Waals surface area contributed by atoms with Gasteiger partial charge in [0.05, 0.1) is 30.4 Å². The number of aromatic hydroxyl groups is 2. The second kappa shape index (κ2) is 7.27. The van der Waals surface area contributed by atoms with Crippen LogP contribution in [0.2, 0.25) is 5.02 Å². The third-order valence-corrected chi connectivity index (χ3v) is 5.02. The molecule has 30 heavy (non-hydrogen) atoms. The monoisotopic (exact) mass is 426 g/mol. The SMILES string of the molecule is COc1cc(OC)cc(Oc2cc3c(cc2Cl)C(=O)c2c(O)ccc(O)c2C3=O)c1. The Morgan fingerprint density at radius 1 is 0.733 bits per heavy atom. The first kappa shape index (κ1) is 19.6. The van der Waals surface area contributed by atoms with Crippen LogP contribution >= 0.6 is 11.6 Å². The van der Waals surface area contributed by atoms with Crippen molar-refractivity contribution in [1.29, 1.82) is 0 Å². The van der Waals surface area contributed by atoms with Gasteiger partial charge in [-0.2, -0.15) is 0 Å². The quantitative estimate of drug-likeness (QED) is 0.468. The van der Waals surface area contributed by atoms with Crippen molar-refractivity contribution in [2.75, 3.05) is 14.2 Å². The standard InChI is InChI=1S/C22H15ClO7/c1-28-10-5-11(29-2)7-12(6-10)30-18-9-14-13(8-15(18)23)21(26)19-16(24)3-4-17(25)20(19)22(14)27/h3-9,24-25H,1-2H3. The number of halogens is 1. The van der Waals surface area contributed by atoms with E-state index in [1.165, 1.54) is 26.4 Å². The Bertz CT molecular complexity index is 1190. The van der Waals surface area contributed by atoms with Crippen LogP contribution in [0.4, 0.5) is 0 Å². The van der Waals surface area contributed by atoms with Crippen molar-refractivity contribution in [1.82, 2.24) is 0 Å².